The lowest BCUT2D eigenvalue weighted by Crippen LogP contribution is -2.11. The third-order valence-corrected chi connectivity index (χ3v) is 3.31. The Bertz CT molecular complexity index is 383. The Balaban J connectivity index is 1.82. The molecule has 18 heavy (non-hydrogen) atoms. The van der Waals surface area contributed by atoms with Gasteiger partial charge in [-0.05, 0) is 43.4 Å². The van der Waals surface area contributed by atoms with Gasteiger partial charge in [-0.1, -0.05) is 12.1 Å². The second-order valence-corrected chi connectivity index (χ2v) is 4.66. The van der Waals surface area contributed by atoms with Crippen molar-refractivity contribution in [3.8, 4) is 5.75 Å². The van der Waals surface area contributed by atoms with E-state index < -0.39 is 0 Å². The smallest absolute Gasteiger partial charge is 0.252 e. The molecule has 0 aliphatic heterocycles. The van der Waals surface area contributed by atoms with Crippen LogP contribution in [0.25, 0.3) is 0 Å². The molecule has 1 fully saturated rings. The molecule has 1 aliphatic carbocycles. The van der Waals surface area contributed by atoms with Crippen LogP contribution in [0.2, 0.25) is 0 Å². The first-order chi connectivity index (χ1) is 8.78. The first kappa shape index (κ1) is 12.9. The molecule has 98 valence electrons. The summed E-state index contributed by atoms with van der Waals surface area (Å²) in [7, 11) is 1.38. The first-order valence-corrected chi connectivity index (χ1v) is 6.52. The summed E-state index contributed by atoms with van der Waals surface area (Å²) >= 11 is 0. The number of hydrogen-bond donors (Lipinski definition) is 0. The molecular weight excluding hydrogens is 230 g/mol. The van der Waals surface area contributed by atoms with E-state index in [0.717, 1.165) is 11.3 Å². The van der Waals surface area contributed by atoms with Gasteiger partial charge in [0.05, 0.1) is 11.0 Å². The standard InChI is InChI=1S/C14H20NO3/c1-17-15(16)11-10-12-6-8-14(9-7-12)18-13-4-2-3-5-13/h6-9,13H,2-5,10-11H2,1H3/q+1. The Kier molecular flexibility index (Phi) is 4.56. The first-order valence-electron chi connectivity index (χ1n) is 6.52. The highest BCUT2D eigenvalue weighted by molar-refractivity contribution is 5.27. The van der Waals surface area contributed by atoms with Crippen LogP contribution in [0.3, 0.4) is 0 Å². The maximum absolute atomic E-state index is 11.0. The summed E-state index contributed by atoms with van der Waals surface area (Å²) in [6.45, 7) is 0.347. The van der Waals surface area contributed by atoms with Crippen LogP contribution in [0.4, 0.5) is 0 Å². The van der Waals surface area contributed by atoms with Gasteiger partial charge >= 0.3 is 0 Å². The van der Waals surface area contributed by atoms with Crippen molar-refractivity contribution in [2.75, 3.05) is 13.7 Å². The summed E-state index contributed by atoms with van der Waals surface area (Å²) in [5.41, 5.74) is 1.12. The van der Waals surface area contributed by atoms with E-state index in [2.05, 4.69) is 4.84 Å². The second kappa shape index (κ2) is 6.38. The lowest BCUT2D eigenvalue weighted by Gasteiger charge is -2.12. The summed E-state index contributed by atoms with van der Waals surface area (Å²) in [6.07, 6.45) is 5.96. The number of benzene rings is 1. The zero-order valence-electron chi connectivity index (χ0n) is 10.8. The van der Waals surface area contributed by atoms with Crippen molar-refractivity contribution in [3.63, 3.8) is 0 Å². The molecule has 1 aliphatic rings. The van der Waals surface area contributed by atoms with Gasteiger partial charge in [0.1, 0.15) is 5.75 Å². The van der Waals surface area contributed by atoms with Gasteiger partial charge in [0.25, 0.3) is 6.54 Å². The van der Waals surface area contributed by atoms with Crippen LogP contribution in [0.1, 0.15) is 31.2 Å². The molecule has 1 aromatic rings. The Hall–Kier alpha value is -1.58. The fourth-order valence-electron chi connectivity index (χ4n) is 2.25. The fourth-order valence-corrected chi connectivity index (χ4v) is 2.25. The SMILES string of the molecule is CO[N+](=O)CCc1ccc(OC2CCCC2)cc1. The van der Waals surface area contributed by atoms with Gasteiger partial charge in [0.2, 0.25) is 4.92 Å². The molecular formula is C14H20NO3+. The van der Waals surface area contributed by atoms with Crippen LogP contribution >= 0.6 is 0 Å². The molecule has 1 aromatic carbocycles. The van der Waals surface area contributed by atoms with Crippen LogP contribution in [0, 0.1) is 4.91 Å². The van der Waals surface area contributed by atoms with E-state index in [9.17, 15) is 4.91 Å². The van der Waals surface area contributed by atoms with Gasteiger partial charge < -0.3 is 4.74 Å². The Labute approximate surface area is 107 Å². The maximum atomic E-state index is 11.0. The fraction of sp³-hybridized carbons (Fsp3) is 0.571. The van der Waals surface area contributed by atoms with E-state index in [1.54, 1.807) is 0 Å². The topological polar surface area (TPSA) is 38.5 Å². The van der Waals surface area contributed by atoms with Crippen molar-refractivity contribution in [1.82, 2.24) is 0 Å². The van der Waals surface area contributed by atoms with E-state index in [-0.39, 0.29) is 0 Å². The van der Waals surface area contributed by atoms with Gasteiger partial charge in [0.15, 0.2) is 7.11 Å². The third-order valence-electron chi connectivity index (χ3n) is 3.31. The molecule has 0 spiro atoms. The number of hydrogen-bond acceptors (Lipinski definition) is 3. The predicted molar refractivity (Wildman–Crippen MR) is 68.5 cm³/mol. The van der Waals surface area contributed by atoms with Gasteiger partial charge in [-0.3, -0.25) is 0 Å². The lowest BCUT2D eigenvalue weighted by atomic mass is 10.1. The molecule has 0 aromatic heterocycles. The molecule has 0 unspecified atom stereocenters. The van der Waals surface area contributed by atoms with Crippen molar-refractivity contribution in [2.24, 2.45) is 0 Å². The molecule has 0 N–H and O–H groups in total. The highest BCUT2D eigenvalue weighted by Crippen LogP contribution is 2.24. The lowest BCUT2D eigenvalue weighted by molar-refractivity contribution is -0.795. The quantitative estimate of drug-likeness (QED) is 0.729. The minimum atomic E-state index is 0.347. The Morgan fingerprint density at radius 1 is 1.22 bits per heavy atom. The molecule has 0 atom stereocenters. The number of ether oxygens (including phenoxy) is 1. The average Bonchev–Trinajstić information content (AvgIpc) is 2.90. The summed E-state index contributed by atoms with van der Waals surface area (Å²) in [6, 6.07) is 7.98. The van der Waals surface area contributed by atoms with Crippen LogP contribution in [-0.4, -0.2) is 24.7 Å². The van der Waals surface area contributed by atoms with Crippen molar-refractivity contribution < 1.29 is 14.5 Å². The molecule has 2 rings (SSSR count). The number of nitrogens with zero attached hydrogens (tertiary/aromatic N) is 1. The van der Waals surface area contributed by atoms with E-state index in [1.807, 2.05) is 24.3 Å². The van der Waals surface area contributed by atoms with Crippen LogP contribution in [0.15, 0.2) is 24.3 Å². The summed E-state index contributed by atoms with van der Waals surface area (Å²) < 4.78 is 5.88. The molecule has 4 nitrogen and oxygen atoms in total. The summed E-state index contributed by atoms with van der Waals surface area (Å²) in [5.74, 6) is 0.927. The molecule has 4 heteroatoms. The Morgan fingerprint density at radius 3 is 2.50 bits per heavy atom. The minimum absolute atomic E-state index is 0.347. The molecule has 0 amide bonds. The van der Waals surface area contributed by atoms with Crippen molar-refractivity contribution in [3.05, 3.63) is 34.7 Å². The zero-order chi connectivity index (χ0) is 12.8. The molecule has 0 bridgehead atoms. The van der Waals surface area contributed by atoms with Crippen LogP contribution in [0.5, 0.6) is 5.75 Å². The van der Waals surface area contributed by atoms with Crippen molar-refractivity contribution in [1.29, 1.82) is 0 Å². The largest absolute Gasteiger partial charge is 0.490 e. The predicted octanol–water partition coefficient (Wildman–Crippen LogP) is 2.89. The number of rotatable bonds is 6. The van der Waals surface area contributed by atoms with Gasteiger partial charge in [-0.15, -0.1) is 0 Å². The molecule has 0 heterocycles. The van der Waals surface area contributed by atoms with E-state index in [4.69, 9.17) is 4.74 Å². The summed E-state index contributed by atoms with van der Waals surface area (Å²) in [5, 5.41) is 0. The van der Waals surface area contributed by atoms with E-state index >= 15 is 0 Å². The normalized spacial score (nSPS) is 15.6. The van der Waals surface area contributed by atoms with Gasteiger partial charge in [0, 0.05) is 6.42 Å². The second-order valence-electron chi connectivity index (χ2n) is 4.66. The maximum Gasteiger partial charge on any atom is 0.252 e. The van der Waals surface area contributed by atoms with Crippen molar-refractivity contribution in [2.45, 2.75) is 38.2 Å². The highest BCUT2D eigenvalue weighted by Gasteiger charge is 2.16. The van der Waals surface area contributed by atoms with E-state index in [0.29, 0.717) is 24.0 Å². The minimum Gasteiger partial charge on any atom is -0.490 e. The summed E-state index contributed by atoms with van der Waals surface area (Å²) in [4.78, 5) is 16.1. The zero-order valence-corrected chi connectivity index (χ0v) is 10.8. The Morgan fingerprint density at radius 2 is 1.89 bits per heavy atom. The van der Waals surface area contributed by atoms with Crippen LogP contribution < -0.4 is 4.74 Å². The van der Waals surface area contributed by atoms with Crippen LogP contribution in [-0.2, 0) is 11.3 Å². The molecule has 1 saturated carbocycles. The van der Waals surface area contributed by atoms with Gasteiger partial charge in [-0.2, -0.15) is 0 Å². The molecule has 0 radical (unpaired) electrons. The van der Waals surface area contributed by atoms with E-state index in [1.165, 1.54) is 32.8 Å². The molecule has 0 saturated heterocycles. The van der Waals surface area contributed by atoms with Crippen molar-refractivity contribution >= 4 is 0 Å². The van der Waals surface area contributed by atoms with Gasteiger partial charge in [-0.25, -0.2) is 4.84 Å². The average molecular weight is 250 g/mol. The third kappa shape index (κ3) is 3.72. The highest BCUT2D eigenvalue weighted by atomic mass is 16.8. The monoisotopic (exact) mass is 250 g/mol.